The van der Waals surface area contributed by atoms with Crippen LogP contribution < -0.4 is 10.6 Å². The average molecular weight is 264 g/mol. The van der Waals surface area contributed by atoms with E-state index in [-0.39, 0.29) is 5.91 Å². The fourth-order valence-electron chi connectivity index (χ4n) is 1.95. The second-order valence-corrected chi connectivity index (χ2v) is 5.27. The summed E-state index contributed by atoms with van der Waals surface area (Å²) >= 11 is 0. The molecule has 0 saturated carbocycles. The molecule has 0 bridgehead atoms. The number of hydrogen-bond acceptors (Lipinski definition) is 3. The third kappa shape index (κ3) is 4.65. The molecule has 19 heavy (non-hydrogen) atoms. The van der Waals surface area contributed by atoms with Crippen molar-refractivity contribution in [3.8, 4) is 0 Å². The Labute approximate surface area is 115 Å². The van der Waals surface area contributed by atoms with Gasteiger partial charge in [0, 0.05) is 27.2 Å². The normalized spacial score (nSPS) is 11.4. The number of nitrogens with one attached hydrogen (secondary N) is 2. The van der Waals surface area contributed by atoms with Crippen LogP contribution in [0.1, 0.15) is 25.0 Å². The van der Waals surface area contributed by atoms with E-state index in [2.05, 4.69) is 22.8 Å². The van der Waals surface area contributed by atoms with Crippen LogP contribution in [-0.4, -0.2) is 26.6 Å². The van der Waals surface area contributed by atoms with E-state index in [4.69, 9.17) is 4.74 Å². The van der Waals surface area contributed by atoms with Crippen molar-refractivity contribution < 1.29 is 9.53 Å². The fourth-order valence-corrected chi connectivity index (χ4v) is 1.95. The number of amides is 1. The highest BCUT2D eigenvalue weighted by molar-refractivity contribution is 5.81. The summed E-state index contributed by atoms with van der Waals surface area (Å²) in [5, 5.41) is 6.03. The highest BCUT2D eigenvalue weighted by Gasteiger charge is 2.25. The van der Waals surface area contributed by atoms with Crippen molar-refractivity contribution in [1.82, 2.24) is 10.6 Å². The molecule has 0 aliphatic carbocycles. The average Bonchev–Trinajstić information content (AvgIpc) is 2.40. The molecule has 0 aliphatic heterocycles. The molecule has 1 aromatic carbocycles. The van der Waals surface area contributed by atoms with Crippen LogP contribution in [0.4, 0.5) is 0 Å². The molecule has 4 nitrogen and oxygen atoms in total. The topological polar surface area (TPSA) is 50.4 Å². The van der Waals surface area contributed by atoms with Crippen LogP contribution in [0.15, 0.2) is 24.3 Å². The summed E-state index contributed by atoms with van der Waals surface area (Å²) in [6, 6.07) is 8.16. The molecule has 4 heteroatoms. The van der Waals surface area contributed by atoms with Crippen LogP contribution in [0.25, 0.3) is 0 Å². The standard InChI is InChI=1S/C15H24N2O2/c1-15(2,14(18)16-3)11-17-9-12-7-5-6-8-13(12)10-19-4/h5-8,17H,9-11H2,1-4H3,(H,16,18). The zero-order valence-corrected chi connectivity index (χ0v) is 12.2. The van der Waals surface area contributed by atoms with Crippen molar-refractivity contribution in [2.75, 3.05) is 20.7 Å². The van der Waals surface area contributed by atoms with Crippen LogP contribution in [0.5, 0.6) is 0 Å². The molecule has 0 saturated heterocycles. The summed E-state index contributed by atoms with van der Waals surface area (Å²) < 4.78 is 5.18. The molecule has 0 radical (unpaired) electrons. The van der Waals surface area contributed by atoms with Gasteiger partial charge in [-0.1, -0.05) is 24.3 Å². The zero-order chi connectivity index (χ0) is 14.3. The van der Waals surface area contributed by atoms with Gasteiger partial charge in [-0.2, -0.15) is 0 Å². The third-order valence-corrected chi connectivity index (χ3v) is 3.14. The number of rotatable bonds is 7. The Bertz CT molecular complexity index is 416. The first-order chi connectivity index (χ1) is 9.01. The molecular formula is C15H24N2O2. The number of carbonyl (C=O) groups excluding carboxylic acids is 1. The van der Waals surface area contributed by atoms with E-state index in [1.54, 1.807) is 14.2 Å². The van der Waals surface area contributed by atoms with Crippen LogP contribution in [0.2, 0.25) is 0 Å². The van der Waals surface area contributed by atoms with E-state index in [0.717, 1.165) is 6.54 Å². The molecule has 0 unspecified atom stereocenters. The minimum atomic E-state index is -0.412. The van der Waals surface area contributed by atoms with Gasteiger partial charge in [-0.25, -0.2) is 0 Å². The van der Waals surface area contributed by atoms with Gasteiger partial charge in [-0.3, -0.25) is 4.79 Å². The summed E-state index contributed by atoms with van der Waals surface area (Å²) in [4.78, 5) is 11.7. The van der Waals surface area contributed by atoms with Crippen LogP contribution in [0, 0.1) is 5.41 Å². The van der Waals surface area contributed by atoms with Gasteiger partial charge in [0.05, 0.1) is 12.0 Å². The summed E-state index contributed by atoms with van der Waals surface area (Å²) in [5.41, 5.74) is 1.97. The SMILES string of the molecule is CNC(=O)C(C)(C)CNCc1ccccc1COC. The number of methoxy groups -OCH3 is 1. The molecule has 0 aliphatic rings. The Morgan fingerprint density at radius 2 is 1.89 bits per heavy atom. The highest BCUT2D eigenvalue weighted by atomic mass is 16.5. The molecule has 1 rings (SSSR count). The molecular weight excluding hydrogens is 240 g/mol. The lowest BCUT2D eigenvalue weighted by Crippen LogP contribution is -2.41. The van der Waals surface area contributed by atoms with Gasteiger partial charge in [-0.05, 0) is 25.0 Å². The first kappa shape index (κ1) is 15.7. The van der Waals surface area contributed by atoms with Gasteiger partial charge >= 0.3 is 0 Å². The van der Waals surface area contributed by atoms with Gasteiger partial charge in [0.1, 0.15) is 0 Å². The molecule has 0 fully saturated rings. The molecule has 0 heterocycles. The molecule has 0 atom stereocenters. The number of ether oxygens (including phenoxy) is 1. The predicted molar refractivity (Wildman–Crippen MR) is 76.7 cm³/mol. The second kappa shape index (κ2) is 7.26. The molecule has 106 valence electrons. The fraction of sp³-hybridized carbons (Fsp3) is 0.533. The summed E-state index contributed by atoms with van der Waals surface area (Å²) in [6.45, 7) is 5.84. The van der Waals surface area contributed by atoms with E-state index in [1.807, 2.05) is 26.0 Å². The summed E-state index contributed by atoms with van der Waals surface area (Å²) in [7, 11) is 3.36. The molecule has 0 aromatic heterocycles. The van der Waals surface area contributed by atoms with E-state index in [9.17, 15) is 4.79 Å². The minimum absolute atomic E-state index is 0.0465. The van der Waals surface area contributed by atoms with Crippen molar-refractivity contribution in [2.24, 2.45) is 5.41 Å². The van der Waals surface area contributed by atoms with Crippen LogP contribution in [-0.2, 0) is 22.7 Å². The Hall–Kier alpha value is -1.39. The first-order valence-corrected chi connectivity index (χ1v) is 6.50. The lowest BCUT2D eigenvalue weighted by molar-refractivity contribution is -0.128. The zero-order valence-electron chi connectivity index (χ0n) is 12.2. The largest absolute Gasteiger partial charge is 0.380 e. The van der Waals surface area contributed by atoms with Crippen molar-refractivity contribution in [2.45, 2.75) is 27.0 Å². The Kier molecular flexibility index (Phi) is 5.99. The highest BCUT2D eigenvalue weighted by Crippen LogP contribution is 2.14. The van der Waals surface area contributed by atoms with Crippen molar-refractivity contribution in [3.63, 3.8) is 0 Å². The maximum absolute atomic E-state index is 11.7. The number of carbonyl (C=O) groups is 1. The summed E-state index contributed by atoms with van der Waals surface area (Å²) in [6.07, 6.45) is 0. The lowest BCUT2D eigenvalue weighted by atomic mass is 9.92. The number of hydrogen-bond donors (Lipinski definition) is 2. The van der Waals surface area contributed by atoms with Gasteiger partial charge in [0.2, 0.25) is 5.91 Å². The lowest BCUT2D eigenvalue weighted by Gasteiger charge is -2.23. The Morgan fingerprint density at radius 3 is 2.47 bits per heavy atom. The quantitative estimate of drug-likeness (QED) is 0.788. The van der Waals surface area contributed by atoms with E-state index >= 15 is 0 Å². The van der Waals surface area contributed by atoms with Crippen molar-refractivity contribution >= 4 is 5.91 Å². The minimum Gasteiger partial charge on any atom is -0.380 e. The molecule has 2 N–H and O–H groups in total. The maximum atomic E-state index is 11.7. The maximum Gasteiger partial charge on any atom is 0.226 e. The molecule has 1 aromatic rings. The van der Waals surface area contributed by atoms with Crippen LogP contribution in [0.3, 0.4) is 0 Å². The van der Waals surface area contributed by atoms with E-state index in [0.29, 0.717) is 13.2 Å². The van der Waals surface area contributed by atoms with E-state index in [1.165, 1.54) is 11.1 Å². The molecule has 0 spiro atoms. The van der Waals surface area contributed by atoms with Gasteiger partial charge in [0.15, 0.2) is 0 Å². The van der Waals surface area contributed by atoms with Crippen molar-refractivity contribution in [1.29, 1.82) is 0 Å². The van der Waals surface area contributed by atoms with Gasteiger partial charge in [0.25, 0.3) is 0 Å². The monoisotopic (exact) mass is 264 g/mol. The van der Waals surface area contributed by atoms with Gasteiger partial charge < -0.3 is 15.4 Å². The Balaban J connectivity index is 2.56. The third-order valence-electron chi connectivity index (χ3n) is 3.14. The van der Waals surface area contributed by atoms with Gasteiger partial charge in [-0.15, -0.1) is 0 Å². The van der Waals surface area contributed by atoms with Crippen molar-refractivity contribution in [3.05, 3.63) is 35.4 Å². The smallest absolute Gasteiger partial charge is 0.226 e. The second-order valence-electron chi connectivity index (χ2n) is 5.27. The van der Waals surface area contributed by atoms with Crippen LogP contribution >= 0.6 is 0 Å². The predicted octanol–water partition coefficient (Wildman–Crippen LogP) is 1.69. The Morgan fingerprint density at radius 1 is 1.26 bits per heavy atom. The summed E-state index contributed by atoms with van der Waals surface area (Å²) in [5.74, 6) is 0.0465. The van der Waals surface area contributed by atoms with E-state index < -0.39 is 5.41 Å². The molecule has 1 amide bonds. The first-order valence-electron chi connectivity index (χ1n) is 6.50. The number of benzene rings is 1.